The molecule has 1 saturated heterocycles. The van der Waals surface area contributed by atoms with Crippen LogP contribution in [0.3, 0.4) is 0 Å². The van der Waals surface area contributed by atoms with E-state index in [0.717, 1.165) is 43.4 Å². The molecular formula is C16H21NO4. The van der Waals surface area contributed by atoms with E-state index in [1.165, 1.54) is 0 Å². The molecule has 5 heteroatoms. The topological polar surface area (TPSA) is 68.7 Å². The van der Waals surface area contributed by atoms with Crippen LogP contribution < -0.4 is 4.74 Å². The van der Waals surface area contributed by atoms with Crippen LogP contribution >= 0.6 is 0 Å². The normalized spacial score (nSPS) is 28.2. The second kappa shape index (κ2) is 5.64. The van der Waals surface area contributed by atoms with E-state index in [1.807, 2.05) is 13.8 Å². The third kappa shape index (κ3) is 3.02. The van der Waals surface area contributed by atoms with E-state index in [4.69, 9.17) is 9.47 Å². The minimum atomic E-state index is -0.972. The lowest BCUT2D eigenvalue weighted by Crippen LogP contribution is -2.36. The van der Waals surface area contributed by atoms with Crippen LogP contribution in [0.4, 0.5) is 0 Å². The Bertz CT molecular complexity index is 547. The van der Waals surface area contributed by atoms with Gasteiger partial charge in [-0.1, -0.05) is 0 Å². The van der Waals surface area contributed by atoms with Crippen LogP contribution in [0.15, 0.2) is 6.07 Å². The van der Waals surface area contributed by atoms with Crippen LogP contribution in [0, 0.1) is 0 Å². The number of aryl methyl sites for hydroxylation is 2. The lowest BCUT2D eigenvalue weighted by atomic mass is 10.0. The van der Waals surface area contributed by atoms with Gasteiger partial charge in [0.1, 0.15) is 11.7 Å². The van der Waals surface area contributed by atoms with Crippen molar-refractivity contribution < 1.29 is 19.4 Å². The van der Waals surface area contributed by atoms with E-state index in [-0.39, 0.29) is 29.8 Å². The third-order valence-electron chi connectivity index (χ3n) is 4.18. The molecule has 0 amide bonds. The standard InChI is InChI=1S/C16H21NO4/c1-9-6-12(7-10(2)20-9)21-15-13(16(18)19)8-11-4-3-5-14(11)17-15/h8-10,12H,3-7H2,1-2H3,(H,18,19). The van der Waals surface area contributed by atoms with Crippen molar-refractivity contribution in [3.63, 3.8) is 0 Å². The Hall–Kier alpha value is -1.62. The van der Waals surface area contributed by atoms with Crippen molar-refractivity contribution in [1.82, 2.24) is 4.98 Å². The quantitative estimate of drug-likeness (QED) is 0.927. The van der Waals surface area contributed by atoms with E-state index < -0.39 is 5.97 Å². The first-order valence-electron chi connectivity index (χ1n) is 7.61. The van der Waals surface area contributed by atoms with Crippen molar-refractivity contribution in [3.05, 3.63) is 22.9 Å². The number of ether oxygens (including phenoxy) is 2. The number of nitrogens with zero attached hydrogens (tertiary/aromatic N) is 1. The molecule has 21 heavy (non-hydrogen) atoms. The smallest absolute Gasteiger partial charge is 0.341 e. The summed E-state index contributed by atoms with van der Waals surface area (Å²) in [6.07, 6.45) is 4.61. The van der Waals surface area contributed by atoms with E-state index in [9.17, 15) is 9.90 Å². The maximum atomic E-state index is 11.4. The van der Waals surface area contributed by atoms with Crippen molar-refractivity contribution >= 4 is 5.97 Å². The number of hydrogen-bond acceptors (Lipinski definition) is 4. The molecule has 1 N–H and O–H groups in total. The number of carbonyl (C=O) groups is 1. The number of fused-ring (bicyclic) bond motifs is 1. The average molecular weight is 291 g/mol. The zero-order valence-corrected chi connectivity index (χ0v) is 12.5. The Morgan fingerprint density at radius 3 is 2.71 bits per heavy atom. The summed E-state index contributed by atoms with van der Waals surface area (Å²) in [5, 5.41) is 9.39. The van der Waals surface area contributed by atoms with Crippen LogP contribution in [0.2, 0.25) is 0 Å². The van der Waals surface area contributed by atoms with Crippen molar-refractivity contribution in [2.24, 2.45) is 0 Å². The lowest BCUT2D eigenvalue weighted by molar-refractivity contribution is -0.0731. The summed E-state index contributed by atoms with van der Waals surface area (Å²) in [7, 11) is 0. The molecule has 1 fully saturated rings. The summed E-state index contributed by atoms with van der Waals surface area (Å²) in [5.41, 5.74) is 2.22. The molecule has 0 spiro atoms. The van der Waals surface area contributed by atoms with Gasteiger partial charge >= 0.3 is 5.97 Å². The van der Waals surface area contributed by atoms with E-state index >= 15 is 0 Å². The van der Waals surface area contributed by atoms with Gasteiger partial charge in [0.05, 0.1) is 12.2 Å². The number of pyridine rings is 1. The summed E-state index contributed by atoms with van der Waals surface area (Å²) >= 11 is 0. The zero-order chi connectivity index (χ0) is 15.0. The SMILES string of the molecule is CC1CC(Oc2nc3c(cc2C(=O)O)CCC3)CC(C)O1. The fraction of sp³-hybridized carbons (Fsp3) is 0.625. The van der Waals surface area contributed by atoms with Crippen LogP contribution in [0.25, 0.3) is 0 Å². The molecule has 2 unspecified atom stereocenters. The molecule has 5 nitrogen and oxygen atoms in total. The van der Waals surface area contributed by atoms with Gasteiger partial charge in [-0.05, 0) is 44.7 Å². The van der Waals surface area contributed by atoms with Gasteiger partial charge < -0.3 is 14.6 Å². The summed E-state index contributed by atoms with van der Waals surface area (Å²) in [6.45, 7) is 4.03. The van der Waals surface area contributed by atoms with Gasteiger partial charge in [0.2, 0.25) is 5.88 Å². The maximum Gasteiger partial charge on any atom is 0.341 e. The fourth-order valence-electron chi connectivity index (χ4n) is 3.29. The van der Waals surface area contributed by atoms with Gasteiger partial charge in [0, 0.05) is 18.5 Å². The Morgan fingerprint density at radius 1 is 1.33 bits per heavy atom. The minimum absolute atomic E-state index is 0.0335. The number of rotatable bonds is 3. The summed E-state index contributed by atoms with van der Waals surface area (Å²) in [4.78, 5) is 15.9. The maximum absolute atomic E-state index is 11.4. The molecule has 2 atom stereocenters. The van der Waals surface area contributed by atoms with Crippen molar-refractivity contribution in [2.75, 3.05) is 0 Å². The highest BCUT2D eigenvalue weighted by molar-refractivity contribution is 5.90. The van der Waals surface area contributed by atoms with Crippen molar-refractivity contribution in [2.45, 2.75) is 64.3 Å². The average Bonchev–Trinajstić information content (AvgIpc) is 2.83. The molecule has 1 aromatic heterocycles. The van der Waals surface area contributed by atoms with Gasteiger partial charge in [-0.3, -0.25) is 0 Å². The molecule has 1 aliphatic heterocycles. The Kier molecular flexibility index (Phi) is 3.85. The van der Waals surface area contributed by atoms with Crippen LogP contribution in [0.5, 0.6) is 5.88 Å². The zero-order valence-electron chi connectivity index (χ0n) is 12.5. The van der Waals surface area contributed by atoms with E-state index in [2.05, 4.69) is 4.98 Å². The molecule has 0 bridgehead atoms. The molecule has 0 saturated carbocycles. The third-order valence-corrected chi connectivity index (χ3v) is 4.18. The first kappa shape index (κ1) is 14.3. The molecule has 3 rings (SSSR count). The van der Waals surface area contributed by atoms with Gasteiger partial charge in [-0.2, -0.15) is 0 Å². The monoisotopic (exact) mass is 291 g/mol. The van der Waals surface area contributed by atoms with Gasteiger partial charge in [0.15, 0.2) is 0 Å². The minimum Gasteiger partial charge on any atom is -0.477 e. The predicted molar refractivity (Wildman–Crippen MR) is 76.9 cm³/mol. The molecule has 2 aliphatic rings. The summed E-state index contributed by atoms with van der Waals surface area (Å²) in [5.74, 6) is -0.699. The largest absolute Gasteiger partial charge is 0.477 e. The first-order chi connectivity index (χ1) is 10.0. The Labute approximate surface area is 124 Å². The highest BCUT2D eigenvalue weighted by Crippen LogP contribution is 2.29. The number of aromatic nitrogens is 1. The van der Waals surface area contributed by atoms with Crippen molar-refractivity contribution in [3.8, 4) is 5.88 Å². The highest BCUT2D eigenvalue weighted by Gasteiger charge is 2.28. The summed E-state index contributed by atoms with van der Waals surface area (Å²) < 4.78 is 11.6. The number of aromatic carboxylic acids is 1. The van der Waals surface area contributed by atoms with Crippen LogP contribution in [-0.2, 0) is 17.6 Å². The van der Waals surface area contributed by atoms with Gasteiger partial charge in [-0.15, -0.1) is 0 Å². The number of carboxylic acids is 1. The predicted octanol–water partition coefficient (Wildman–Crippen LogP) is 2.60. The molecular weight excluding hydrogens is 270 g/mol. The molecule has 0 aromatic carbocycles. The van der Waals surface area contributed by atoms with Gasteiger partial charge in [0.25, 0.3) is 0 Å². The molecule has 1 aliphatic carbocycles. The fourth-order valence-corrected chi connectivity index (χ4v) is 3.29. The summed E-state index contributed by atoms with van der Waals surface area (Å²) in [6, 6.07) is 1.74. The molecule has 1 aromatic rings. The molecule has 2 heterocycles. The Balaban J connectivity index is 1.85. The van der Waals surface area contributed by atoms with Crippen molar-refractivity contribution in [1.29, 1.82) is 0 Å². The second-order valence-electron chi connectivity index (χ2n) is 6.07. The molecule has 0 radical (unpaired) electrons. The van der Waals surface area contributed by atoms with Gasteiger partial charge in [-0.25, -0.2) is 9.78 Å². The second-order valence-corrected chi connectivity index (χ2v) is 6.07. The first-order valence-corrected chi connectivity index (χ1v) is 7.61. The highest BCUT2D eigenvalue weighted by atomic mass is 16.5. The Morgan fingerprint density at radius 2 is 2.05 bits per heavy atom. The number of hydrogen-bond donors (Lipinski definition) is 1. The number of carboxylic acid groups (broad SMARTS) is 1. The molecule has 114 valence electrons. The van der Waals surface area contributed by atoms with Crippen LogP contribution in [0.1, 0.15) is 54.7 Å². The van der Waals surface area contributed by atoms with Crippen LogP contribution in [-0.4, -0.2) is 34.4 Å². The van der Waals surface area contributed by atoms with E-state index in [0.29, 0.717) is 0 Å². The van der Waals surface area contributed by atoms with E-state index in [1.54, 1.807) is 6.07 Å². The lowest BCUT2D eigenvalue weighted by Gasteiger charge is -2.32.